The Bertz CT molecular complexity index is 642. The van der Waals surface area contributed by atoms with Crippen LogP contribution in [-0.4, -0.2) is 11.2 Å². The second-order valence-electron chi connectivity index (χ2n) is 3.64. The summed E-state index contributed by atoms with van der Waals surface area (Å²) in [6.45, 7) is 0. The summed E-state index contributed by atoms with van der Waals surface area (Å²) in [5.74, 6) is 0.753. The van der Waals surface area contributed by atoms with Crippen LogP contribution in [0.3, 0.4) is 0 Å². The van der Waals surface area contributed by atoms with Crippen LogP contribution in [0.25, 0.3) is 0 Å². The molecule has 0 N–H and O–H groups in total. The molecule has 0 saturated carbocycles. The first kappa shape index (κ1) is 13.2. The Kier molecular flexibility index (Phi) is 3.91. The number of nitro benzene ring substituents is 1. The van der Waals surface area contributed by atoms with Crippen molar-refractivity contribution in [1.82, 2.24) is 0 Å². The number of nitrogens with zero attached hydrogens (tertiary/aromatic N) is 1. The third-order valence-electron chi connectivity index (χ3n) is 2.36. The lowest BCUT2D eigenvalue weighted by atomic mass is 10.2. The van der Waals surface area contributed by atoms with Crippen molar-refractivity contribution >= 4 is 27.9 Å². The van der Waals surface area contributed by atoms with E-state index in [1.54, 1.807) is 30.3 Å². The molecule has 0 radical (unpaired) electrons. The highest BCUT2D eigenvalue weighted by Gasteiger charge is 2.16. The van der Waals surface area contributed by atoms with Gasteiger partial charge in [-0.1, -0.05) is 18.2 Å². The molecule has 0 fully saturated rings. The van der Waals surface area contributed by atoms with E-state index < -0.39 is 4.92 Å². The van der Waals surface area contributed by atoms with E-state index >= 15 is 0 Å². The lowest BCUT2D eigenvalue weighted by Gasteiger charge is -2.08. The zero-order valence-electron chi connectivity index (χ0n) is 9.58. The maximum Gasteiger partial charge on any atom is 0.287 e. The Balaban J connectivity index is 2.35. The lowest BCUT2D eigenvalue weighted by molar-refractivity contribution is -0.385. The third-order valence-corrected chi connectivity index (χ3v) is 3.16. The molecule has 2 aromatic carbocycles. The summed E-state index contributed by atoms with van der Waals surface area (Å²) >= 11 is 3.14. The molecule has 0 saturated heterocycles. The minimum atomic E-state index is -0.501. The maximum atomic E-state index is 10.8. The Hall–Kier alpha value is -2.21. The molecule has 0 unspecified atom stereocenters. The molecule has 0 atom stereocenters. The number of aldehydes is 1. The SMILES string of the molecule is O=Cc1cccc(Oc2cccc([N+](=O)[O-])c2Br)c1. The van der Waals surface area contributed by atoms with Gasteiger partial charge in [-0.05, 0) is 34.1 Å². The fourth-order valence-electron chi connectivity index (χ4n) is 1.50. The van der Waals surface area contributed by atoms with Gasteiger partial charge in [-0.25, -0.2) is 0 Å². The first-order valence-corrected chi connectivity index (χ1v) is 6.07. The molecule has 0 aliphatic rings. The normalized spacial score (nSPS) is 9.95. The van der Waals surface area contributed by atoms with Crippen LogP contribution in [0.2, 0.25) is 0 Å². The number of rotatable bonds is 4. The summed E-state index contributed by atoms with van der Waals surface area (Å²) < 4.78 is 5.79. The van der Waals surface area contributed by atoms with Crippen molar-refractivity contribution in [2.24, 2.45) is 0 Å². The Morgan fingerprint density at radius 2 is 1.95 bits per heavy atom. The molecule has 0 amide bonds. The van der Waals surface area contributed by atoms with Crippen molar-refractivity contribution in [1.29, 1.82) is 0 Å². The van der Waals surface area contributed by atoms with Crippen molar-refractivity contribution < 1.29 is 14.5 Å². The highest BCUT2D eigenvalue weighted by atomic mass is 79.9. The van der Waals surface area contributed by atoms with Crippen molar-refractivity contribution in [2.45, 2.75) is 0 Å². The molecule has 0 aromatic heterocycles. The van der Waals surface area contributed by atoms with Gasteiger partial charge in [-0.2, -0.15) is 0 Å². The Morgan fingerprint density at radius 3 is 2.63 bits per heavy atom. The third kappa shape index (κ3) is 2.97. The van der Waals surface area contributed by atoms with Gasteiger partial charge in [0.25, 0.3) is 5.69 Å². The second-order valence-corrected chi connectivity index (χ2v) is 4.43. The highest BCUT2D eigenvalue weighted by molar-refractivity contribution is 9.10. The van der Waals surface area contributed by atoms with Crippen LogP contribution in [0.1, 0.15) is 10.4 Å². The highest BCUT2D eigenvalue weighted by Crippen LogP contribution is 2.36. The van der Waals surface area contributed by atoms with Gasteiger partial charge < -0.3 is 4.74 Å². The second kappa shape index (κ2) is 5.62. The average molecular weight is 322 g/mol. The zero-order valence-corrected chi connectivity index (χ0v) is 11.2. The summed E-state index contributed by atoms with van der Waals surface area (Å²) in [5.41, 5.74) is 0.392. The predicted molar refractivity (Wildman–Crippen MR) is 72.7 cm³/mol. The number of carbonyl (C=O) groups is 1. The molecule has 5 nitrogen and oxygen atoms in total. The van der Waals surface area contributed by atoms with E-state index in [1.807, 2.05) is 0 Å². The molecule has 96 valence electrons. The van der Waals surface area contributed by atoms with Gasteiger partial charge in [0.1, 0.15) is 22.3 Å². The topological polar surface area (TPSA) is 69.4 Å². The minimum absolute atomic E-state index is 0.0796. The first-order valence-electron chi connectivity index (χ1n) is 5.28. The first-order chi connectivity index (χ1) is 9.11. The van der Waals surface area contributed by atoms with Crippen LogP contribution in [0, 0.1) is 10.1 Å². The van der Waals surface area contributed by atoms with Crippen LogP contribution >= 0.6 is 15.9 Å². The molecule has 2 aromatic rings. The number of carbonyl (C=O) groups excluding carboxylic acids is 1. The fraction of sp³-hybridized carbons (Fsp3) is 0. The average Bonchev–Trinajstić information content (AvgIpc) is 2.41. The van der Waals surface area contributed by atoms with E-state index in [-0.39, 0.29) is 10.2 Å². The largest absolute Gasteiger partial charge is 0.456 e. The van der Waals surface area contributed by atoms with Gasteiger partial charge in [-0.3, -0.25) is 14.9 Å². The number of hydrogen-bond acceptors (Lipinski definition) is 4. The number of benzene rings is 2. The summed E-state index contributed by atoms with van der Waals surface area (Å²) in [6, 6.07) is 11.0. The van der Waals surface area contributed by atoms with Crippen LogP contribution in [0.4, 0.5) is 5.69 Å². The van der Waals surface area contributed by atoms with E-state index in [2.05, 4.69) is 15.9 Å². The van der Waals surface area contributed by atoms with Crippen molar-refractivity contribution in [3.8, 4) is 11.5 Å². The molecule has 2 rings (SSSR count). The predicted octanol–water partition coefficient (Wildman–Crippen LogP) is 3.96. The van der Waals surface area contributed by atoms with Crippen molar-refractivity contribution in [2.75, 3.05) is 0 Å². The smallest absolute Gasteiger partial charge is 0.287 e. The Morgan fingerprint density at radius 1 is 1.21 bits per heavy atom. The van der Waals surface area contributed by atoms with Gasteiger partial charge in [0, 0.05) is 11.6 Å². The molecule has 19 heavy (non-hydrogen) atoms. The number of halogens is 1. The van der Waals surface area contributed by atoms with E-state index in [1.165, 1.54) is 12.1 Å². The molecule has 0 aliphatic heterocycles. The number of hydrogen-bond donors (Lipinski definition) is 0. The van der Waals surface area contributed by atoms with Crippen molar-refractivity contribution in [3.05, 3.63) is 62.6 Å². The molecule has 0 bridgehead atoms. The van der Waals surface area contributed by atoms with Crippen LogP contribution < -0.4 is 4.74 Å². The van der Waals surface area contributed by atoms with E-state index in [0.29, 0.717) is 23.3 Å². The summed E-state index contributed by atoms with van der Waals surface area (Å²) in [5, 5.41) is 10.8. The quantitative estimate of drug-likeness (QED) is 0.485. The molecule has 0 aliphatic carbocycles. The van der Waals surface area contributed by atoms with Crippen LogP contribution in [-0.2, 0) is 0 Å². The monoisotopic (exact) mass is 321 g/mol. The van der Waals surface area contributed by atoms with Crippen molar-refractivity contribution in [3.63, 3.8) is 0 Å². The molecule has 0 spiro atoms. The van der Waals surface area contributed by atoms with Gasteiger partial charge in [0.2, 0.25) is 0 Å². The number of nitro groups is 1. The molecular weight excluding hydrogens is 314 g/mol. The van der Waals surface area contributed by atoms with Gasteiger partial charge >= 0.3 is 0 Å². The summed E-state index contributed by atoms with van der Waals surface area (Å²) in [4.78, 5) is 21.0. The maximum absolute atomic E-state index is 10.8. The number of ether oxygens (including phenoxy) is 1. The fourth-order valence-corrected chi connectivity index (χ4v) is 1.99. The Labute approximate surface area is 117 Å². The molecular formula is C13H8BrNO4. The van der Waals surface area contributed by atoms with Gasteiger partial charge in [0.05, 0.1) is 4.92 Å². The van der Waals surface area contributed by atoms with Crippen LogP contribution in [0.15, 0.2) is 46.9 Å². The lowest BCUT2D eigenvalue weighted by Crippen LogP contribution is -1.92. The molecule has 0 heterocycles. The van der Waals surface area contributed by atoms with Crippen LogP contribution in [0.5, 0.6) is 11.5 Å². The molecule has 6 heteroatoms. The summed E-state index contributed by atoms with van der Waals surface area (Å²) in [7, 11) is 0. The summed E-state index contributed by atoms with van der Waals surface area (Å²) in [6.07, 6.45) is 0.704. The zero-order chi connectivity index (χ0) is 13.8. The van der Waals surface area contributed by atoms with Gasteiger partial charge in [-0.15, -0.1) is 0 Å². The minimum Gasteiger partial charge on any atom is -0.456 e. The standard InChI is InChI=1S/C13H8BrNO4/c14-13-11(15(17)18)5-2-6-12(13)19-10-4-1-3-9(7-10)8-16/h1-8H. The van der Waals surface area contributed by atoms with E-state index in [9.17, 15) is 14.9 Å². The van der Waals surface area contributed by atoms with E-state index in [4.69, 9.17) is 4.74 Å². The van der Waals surface area contributed by atoms with E-state index in [0.717, 1.165) is 0 Å². The van der Waals surface area contributed by atoms with Gasteiger partial charge in [0.15, 0.2) is 0 Å².